The number of aromatic nitrogens is 1. The molecule has 9 heteroatoms. The van der Waals surface area contributed by atoms with Crippen LogP contribution in [0.3, 0.4) is 0 Å². The number of nitrogens with zero attached hydrogens (tertiary/aromatic N) is 1. The van der Waals surface area contributed by atoms with Crippen molar-refractivity contribution in [3.05, 3.63) is 82.6 Å². The number of rotatable bonds is 7. The van der Waals surface area contributed by atoms with Gasteiger partial charge in [0.15, 0.2) is 6.10 Å². The highest BCUT2D eigenvalue weighted by Crippen LogP contribution is 2.42. The predicted octanol–water partition coefficient (Wildman–Crippen LogP) is 4.18. The molecule has 1 atom stereocenters. The van der Waals surface area contributed by atoms with E-state index in [4.69, 9.17) is 37.4 Å². The first-order chi connectivity index (χ1) is 15.4. The molecule has 0 spiro atoms. The Morgan fingerprint density at radius 2 is 1.69 bits per heavy atom. The van der Waals surface area contributed by atoms with Crippen LogP contribution in [0.2, 0.25) is 10.0 Å². The fraction of sp³-hybridized carbons (Fsp3) is 0.174. The van der Waals surface area contributed by atoms with Crippen LogP contribution < -0.4 is 4.74 Å². The minimum absolute atomic E-state index is 0.00542. The van der Waals surface area contributed by atoms with Gasteiger partial charge in [-0.15, -0.1) is 0 Å². The summed E-state index contributed by atoms with van der Waals surface area (Å²) in [5.74, 6) is -4.99. The number of pyridine rings is 1. The van der Waals surface area contributed by atoms with E-state index < -0.39 is 24.0 Å². The Bertz CT molecular complexity index is 1120. The van der Waals surface area contributed by atoms with Crippen LogP contribution >= 0.6 is 23.2 Å². The second-order valence-corrected chi connectivity index (χ2v) is 7.76. The molecule has 0 saturated carbocycles. The molecule has 1 aromatic heterocycles. The van der Waals surface area contributed by atoms with Crippen molar-refractivity contribution in [1.29, 1.82) is 0 Å². The lowest BCUT2D eigenvalue weighted by Gasteiger charge is -2.30. The number of aliphatic hydroxyl groups is 1. The van der Waals surface area contributed by atoms with Gasteiger partial charge in [0.2, 0.25) is 0 Å². The molecule has 0 radical (unpaired) electrons. The monoisotopic (exact) mass is 473 g/mol. The van der Waals surface area contributed by atoms with Gasteiger partial charge in [0, 0.05) is 18.0 Å². The number of esters is 2. The molecule has 1 unspecified atom stereocenters. The van der Waals surface area contributed by atoms with E-state index >= 15 is 0 Å². The first kappa shape index (κ1) is 22.1. The molecule has 2 aromatic carbocycles. The smallest absolute Gasteiger partial charge is 0.417 e. The largest absolute Gasteiger partial charge is 0.450 e. The van der Waals surface area contributed by atoms with Gasteiger partial charge in [0.1, 0.15) is 10.8 Å². The van der Waals surface area contributed by atoms with Crippen molar-refractivity contribution in [3.8, 4) is 16.9 Å². The third kappa shape index (κ3) is 4.41. The number of ether oxygens (including phenoxy) is 3. The van der Waals surface area contributed by atoms with E-state index in [1.165, 1.54) is 6.07 Å². The van der Waals surface area contributed by atoms with E-state index in [1.54, 1.807) is 24.5 Å². The Morgan fingerprint density at radius 1 is 0.969 bits per heavy atom. The Balaban J connectivity index is 1.61. The molecule has 3 aromatic rings. The van der Waals surface area contributed by atoms with E-state index in [9.17, 15) is 14.7 Å². The summed E-state index contributed by atoms with van der Waals surface area (Å²) < 4.78 is 15.7. The minimum atomic E-state index is -2.39. The molecular weight excluding hydrogens is 457 g/mol. The van der Waals surface area contributed by atoms with Crippen molar-refractivity contribution in [2.45, 2.75) is 24.9 Å². The Hall–Kier alpha value is -3.13. The number of carbonyl (C=O) groups excluding carboxylic acids is 2. The molecule has 2 heterocycles. The van der Waals surface area contributed by atoms with Gasteiger partial charge in [-0.3, -0.25) is 4.98 Å². The van der Waals surface area contributed by atoms with Crippen LogP contribution in [0.25, 0.3) is 11.1 Å². The Labute approximate surface area is 193 Å². The lowest BCUT2D eigenvalue weighted by Crippen LogP contribution is -2.49. The molecule has 1 N–H and O–H groups in total. The summed E-state index contributed by atoms with van der Waals surface area (Å²) in [5.41, 5.74) is 2.30. The zero-order valence-corrected chi connectivity index (χ0v) is 18.0. The lowest BCUT2D eigenvalue weighted by atomic mass is 10.1. The van der Waals surface area contributed by atoms with Crippen molar-refractivity contribution >= 4 is 35.1 Å². The second-order valence-electron chi connectivity index (χ2n) is 7.01. The summed E-state index contributed by atoms with van der Waals surface area (Å²) in [6.07, 6.45) is 2.14. The maximum atomic E-state index is 11.8. The quantitative estimate of drug-likeness (QED) is 0.406. The van der Waals surface area contributed by atoms with Gasteiger partial charge in [-0.05, 0) is 42.2 Å². The third-order valence-corrected chi connectivity index (χ3v) is 5.72. The SMILES string of the molecule is O=C1OC(Oc2ccc(-c3ccccc3)c(Cl)c2Cl)(C(O)CCc2cccnc2)OC1=O. The molecule has 7 nitrogen and oxygen atoms in total. The molecule has 0 aliphatic carbocycles. The molecule has 32 heavy (non-hydrogen) atoms. The van der Waals surface area contributed by atoms with Crippen LogP contribution in [0.1, 0.15) is 12.0 Å². The maximum Gasteiger partial charge on any atom is 0.450 e. The van der Waals surface area contributed by atoms with Gasteiger partial charge >= 0.3 is 17.9 Å². The van der Waals surface area contributed by atoms with Crippen LogP contribution in [0, 0.1) is 0 Å². The number of carbonyl (C=O) groups is 2. The number of cyclic esters (lactones) is 2. The molecule has 4 rings (SSSR count). The minimum Gasteiger partial charge on any atom is -0.417 e. The average Bonchev–Trinajstić information content (AvgIpc) is 3.11. The summed E-state index contributed by atoms with van der Waals surface area (Å²) in [6.45, 7) is 0. The molecule has 1 aliphatic rings. The normalized spacial score (nSPS) is 15.7. The average molecular weight is 474 g/mol. The fourth-order valence-electron chi connectivity index (χ4n) is 3.24. The summed E-state index contributed by atoms with van der Waals surface area (Å²) in [5, 5.41) is 11.0. The van der Waals surface area contributed by atoms with Crippen molar-refractivity contribution < 1.29 is 28.9 Å². The molecule has 164 valence electrons. The molecule has 1 saturated heterocycles. The van der Waals surface area contributed by atoms with E-state index in [0.717, 1.165) is 11.1 Å². The highest BCUT2D eigenvalue weighted by molar-refractivity contribution is 6.44. The van der Waals surface area contributed by atoms with E-state index in [1.807, 2.05) is 36.4 Å². The topological polar surface area (TPSA) is 95.0 Å². The van der Waals surface area contributed by atoms with Crippen molar-refractivity contribution in [2.24, 2.45) is 0 Å². The highest BCUT2D eigenvalue weighted by atomic mass is 35.5. The van der Waals surface area contributed by atoms with Gasteiger partial charge in [0.05, 0.1) is 5.02 Å². The summed E-state index contributed by atoms with van der Waals surface area (Å²) in [4.78, 5) is 27.6. The van der Waals surface area contributed by atoms with Gasteiger partial charge in [-0.25, -0.2) is 9.59 Å². The molecule has 1 fully saturated rings. The van der Waals surface area contributed by atoms with Gasteiger partial charge < -0.3 is 19.3 Å². The molecule has 0 amide bonds. The predicted molar refractivity (Wildman–Crippen MR) is 116 cm³/mol. The van der Waals surface area contributed by atoms with Gasteiger partial charge in [0.25, 0.3) is 0 Å². The van der Waals surface area contributed by atoms with Crippen molar-refractivity contribution in [2.75, 3.05) is 0 Å². The lowest BCUT2D eigenvalue weighted by molar-refractivity contribution is -0.318. The first-order valence-corrected chi connectivity index (χ1v) is 10.4. The van der Waals surface area contributed by atoms with Gasteiger partial charge in [-0.1, -0.05) is 59.6 Å². The molecule has 1 aliphatic heterocycles. The number of aliphatic hydroxyl groups excluding tert-OH is 1. The maximum absolute atomic E-state index is 11.8. The summed E-state index contributed by atoms with van der Waals surface area (Å²) in [6, 6.07) is 16.0. The highest BCUT2D eigenvalue weighted by Gasteiger charge is 2.57. The van der Waals surface area contributed by atoms with Crippen LogP contribution in [-0.4, -0.2) is 34.1 Å². The van der Waals surface area contributed by atoms with Crippen molar-refractivity contribution in [3.63, 3.8) is 0 Å². The fourth-order valence-corrected chi connectivity index (χ4v) is 3.71. The number of hydrogen-bond acceptors (Lipinski definition) is 7. The number of benzene rings is 2. The van der Waals surface area contributed by atoms with Crippen LogP contribution in [-0.2, 0) is 25.5 Å². The van der Waals surface area contributed by atoms with Crippen LogP contribution in [0.5, 0.6) is 5.75 Å². The second kappa shape index (κ2) is 9.16. The Morgan fingerprint density at radius 3 is 2.34 bits per heavy atom. The number of hydrogen-bond donors (Lipinski definition) is 1. The Kier molecular flexibility index (Phi) is 6.32. The molecular formula is C23H17Cl2NO6. The standard InChI is InChI=1S/C23H17Cl2NO6/c24-19-16(15-6-2-1-3-7-15)9-10-17(20(19)25)30-23(31-21(28)22(29)32-23)18(27)11-8-14-5-4-12-26-13-14/h1-7,9-10,12-13,18,27H,8,11H2. The van der Waals surface area contributed by atoms with Crippen LogP contribution in [0.4, 0.5) is 0 Å². The van der Waals surface area contributed by atoms with Crippen LogP contribution in [0.15, 0.2) is 67.0 Å². The summed E-state index contributed by atoms with van der Waals surface area (Å²) >= 11 is 12.9. The molecule has 0 bridgehead atoms. The van der Waals surface area contributed by atoms with E-state index in [0.29, 0.717) is 12.0 Å². The zero-order chi connectivity index (χ0) is 22.7. The van der Waals surface area contributed by atoms with E-state index in [-0.39, 0.29) is 22.2 Å². The number of halogens is 2. The number of aryl methyl sites for hydroxylation is 1. The first-order valence-electron chi connectivity index (χ1n) is 9.65. The third-order valence-electron chi connectivity index (χ3n) is 4.86. The zero-order valence-electron chi connectivity index (χ0n) is 16.5. The van der Waals surface area contributed by atoms with Crippen molar-refractivity contribution in [1.82, 2.24) is 4.98 Å². The van der Waals surface area contributed by atoms with Gasteiger partial charge in [-0.2, -0.15) is 0 Å². The van der Waals surface area contributed by atoms with E-state index in [2.05, 4.69) is 4.98 Å². The summed E-state index contributed by atoms with van der Waals surface area (Å²) in [7, 11) is 0.